The van der Waals surface area contributed by atoms with Gasteiger partial charge in [0.15, 0.2) is 4.80 Å². The second-order valence-corrected chi connectivity index (χ2v) is 11.1. The number of allylic oxidation sites excluding steroid dienone is 1. The molecule has 1 aromatic heterocycles. The lowest BCUT2D eigenvalue weighted by Gasteiger charge is -2.24. The average molecular weight is 700 g/mol. The number of aryl methyl sites for hydroxylation is 1. The Kier molecular flexibility index (Phi) is 7.63. The summed E-state index contributed by atoms with van der Waals surface area (Å²) >= 11 is 5.78. The van der Waals surface area contributed by atoms with Gasteiger partial charge in [0.05, 0.1) is 39.1 Å². The molecule has 0 fully saturated rings. The fourth-order valence-corrected chi connectivity index (χ4v) is 7.05. The van der Waals surface area contributed by atoms with Crippen LogP contribution in [0.3, 0.4) is 0 Å². The molecule has 2 heterocycles. The lowest BCUT2D eigenvalue weighted by atomic mass is 9.95. The van der Waals surface area contributed by atoms with E-state index in [-0.39, 0.29) is 12.2 Å². The third kappa shape index (κ3) is 4.74. The number of thiazole rings is 1. The van der Waals surface area contributed by atoms with Crippen LogP contribution in [0.25, 0.3) is 6.08 Å². The van der Waals surface area contributed by atoms with Crippen LogP contribution in [0.5, 0.6) is 5.75 Å². The third-order valence-electron chi connectivity index (χ3n) is 5.44. The van der Waals surface area contributed by atoms with Gasteiger partial charge in [0, 0.05) is 9.13 Å². The molecule has 9 heteroatoms. The van der Waals surface area contributed by atoms with E-state index in [9.17, 15) is 9.59 Å². The number of nitrogens with zero attached hydrogens (tertiary/aromatic N) is 2. The molecule has 1 atom stereocenters. The summed E-state index contributed by atoms with van der Waals surface area (Å²) in [4.78, 5) is 31.9. The van der Waals surface area contributed by atoms with Crippen LogP contribution in [0.15, 0.2) is 57.5 Å². The lowest BCUT2D eigenvalue weighted by molar-refractivity contribution is -0.139. The first kappa shape index (κ1) is 25.1. The van der Waals surface area contributed by atoms with Crippen molar-refractivity contribution < 1.29 is 14.3 Å². The van der Waals surface area contributed by atoms with E-state index in [2.05, 4.69) is 50.2 Å². The molecular weight excluding hydrogens is 678 g/mol. The molecule has 34 heavy (non-hydrogen) atoms. The molecule has 6 nitrogen and oxygen atoms in total. The zero-order valence-corrected chi connectivity index (χ0v) is 24.1. The van der Waals surface area contributed by atoms with Crippen LogP contribution in [0.1, 0.15) is 36.6 Å². The van der Waals surface area contributed by atoms with E-state index in [0.717, 1.165) is 23.8 Å². The largest absolute Gasteiger partial charge is 0.495 e. The predicted octanol–water partition coefficient (Wildman–Crippen LogP) is 4.32. The molecule has 2 aromatic carbocycles. The number of rotatable bonds is 5. The first-order valence-corrected chi connectivity index (χ1v) is 13.5. The fraction of sp³-hybridized carbons (Fsp3) is 0.240. The van der Waals surface area contributed by atoms with Crippen LogP contribution < -0.4 is 19.6 Å². The fourth-order valence-electron chi connectivity index (χ4n) is 3.90. The number of aromatic nitrogens is 1. The van der Waals surface area contributed by atoms with Gasteiger partial charge in [-0.2, -0.15) is 0 Å². The van der Waals surface area contributed by atoms with E-state index in [0.29, 0.717) is 26.4 Å². The second kappa shape index (κ2) is 10.3. The van der Waals surface area contributed by atoms with Gasteiger partial charge in [0.2, 0.25) is 0 Å². The average Bonchev–Trinajstić information content (AvgIpc) is 3.08. The Morgan fingerprint density at radius 3 is 2.56 bits per heavy atom. The first-order chi connectivity index (χ1) is 16.2. The molecule has 0 radical (unpaired) electrons. The van der Waals surface area contributed by atoms with Gasteiger partial charge in [0.25, 0.3) is 5.56 Å². The predicted molar refractivity (Wildman–Crippen MR) is 150 cm³/mol. The van der Waals surface area contributed by atoms with Gasteiger partial charge in [0.1, 0.15) is 5.75 Å². The van der Waals surface area contributed by atoms with Crippen LogP contribution in [0.2, 0.25) is 0 Å². The number of ether oxygens (including phenoxy) is 2. The Morgan fingerprint density at radius 2 is 1.91 bits per heavy atom. The van der Waals surface area contributed by atoms with E-state index in [1.54, 1.807) is 25.5 Å². The molecule has 1 aliphatic rings. The van der Waals surface area contributed by atoms with Gasteiger partial charge in [-0.1, -0.05) is 41.2 Å². The van der Waals surface area contributed by atoms with Gasteiger partial charge in [-0.25, -0.2) is 9.79 Å². The number of hydrogen-bond donors (Lipinski definition) is 0. The van der Waals surface area contributed by atoms with Crippen LogP contribution in [-0.2, 0) is 9.53 Å². The maximum atomic E-state index is 13.7. The Morgan fingerprint density at radius 1 is 1.21 bits per heavy atom. The highest BCUT2D eigenvalue weighted by Crippen LogP contribution is 2.31. The molecule has 0 saturated heterocycles. The summed E-state index contributed by atoms with van der Waals surface area (Å²) in [6.07, 6.45) is 1.84. The Balaban J connectivity index is 1.99. The highest BCUT2D eigenvalue weighted by molar-refractivity contribution is 14.1. The van der Waals surface area contributed by atoms with Gasteiger partial charge < -0.3 is 9.47 Å². The molecular formula is C25H22I2N2O4S. The molecule has 0 saturated carbocycles. The van der Waals surface area contributed by atoms with Crippen molar-refractivity contribution in [3.63, 3.8) is 0 Å². The third-order valence-corrected chi connectivity index (χ3v) is 7.84. The Hall–Kier alpha value is -1.99. The summed E-state index contributed by atoms with van der Waals surface area (Å²) < 4.78 is 15.1. The number of carbonyl (C=O) groups excluding carboxylic acids is 1. The van der Waals surface area contributed by atoms with Crippen molar-refractivity contribution in [2.45, 2.75) is 26.8 Å². The van der Waals surface area contributed by atoms with Crippen molar-refractivity contribution in [1.82, 2.24) is 4.57 Å². The second-order valence-electron chi connectivity index (χ2n) is 7.72. The molecule has 0 spiro atoms. The van der Waals surface area contributed by atoms with Gasteiger partial charge in [-0.05, 0) is 89.7 Å². The van der Waals surface area contributed by atoms with Crippen LogP contribution in [0.4, 0.5) is 0 Å². The highest BCUT2D eigenvalue weighted by atomic mass is 127. The van der Waals surface area contributed by atoms with Gasteiger partial charge >= 0.3 is 5.97 Å². The van der Waals surface area contributed by atoms with Gasteiger partial charge in [-0.15, -0.1) is 0 Å². The molecule has 4 rings (SSSR count). The van der Waals surface area contributed by atoms with Crippen LogP contribution in [-0.4, -0.2) is 24.3 Å². The van der Waals surface area contributed by atoms with E-state index in [1.165, 1.54) is 11.3 Å². The summed E-state index contributed by atoms with van der Waals surface area (Å²) in [5.41, 5.74) is 3.47. The van der Waals surface area contributed by atoms with Crippen molar-refractivity contribution >= 4 is 68.6 Å². The summed E-state index contributed by atoms with van der Waals surface area (Å²) in [5, 5.41) is 0. The van der Waals surface area contributed by atoms with Crippen LogP contribution in [0, 0.1) is 14.1 Å². The van der Waals surface area contributed by atoms with Crippen LogP contribution >= 0.6 is 56.5 Å². The van der Waals surface area contributed by atoms with Crippen molar-refractivity contribution in [2.75, 3.05) is 13.7 Å². The zero-order valence-electron chi connectivity index (χ0n) is 19.0. The topological polar surface area (TPSA) is 69.9 Å². The highest BCUT2D eigenvalue weighted by Gasteiger charge is 2.33. The monoisotopic (exact) mass is 700 g/mol. The Labute approximate surface area is 228 Å². The molecule has 176 valence electrons. The van der Waals surface area contributed by atoms with Crippen molar-refractivity contribution in [3.05, 3.63) is 91.2 Å². The van der Waals surface area contributed by atoms with Crippen molar-refractivity contribution in [3.8, 4) is 5.75 Å². The van der Waals surface area contributed by atoms with E-state index in [4.69, 9.17) is 9.47 Å². The number of hydrogen-bond acceptors (Lipinski definition) is 6. The lowest BCUT2D eigenvalue weighted by Crippen LogP contribution is -2.39. The standard InChI is InChI=1S/C25H22I2N2O4S/c1-5-33-24(31)20-14(3)28-25-29(21(20)15-8-6-13(2)7-9-15)23(30)19(34-25)11-16-10-17(26)12-18(27)22(16)32-4/h6-12,21H,5H2,1-4H3/b19-11-/t21-/m1/s1. The number of methoxy groups -OCH3 is 1. The molecule has 0 amide bonds. The smallest absolute Gasteiger partial charge is 0.338 e. The number of carbonyl (C=O) groups is 1. The maximum Gasteiger partial charge on any atom is 0.338 e. The molecule has 3 aromatic rings. The van der Waals surface area contributed by atoms with E-state index in [1.807, 2.05) is 49.4 Å². The SMILES string of the molecule is CCOC(=O)C1=C(C)N=c2s/c(=C\c3cc(I)cc(I)c3OC)c(=O)n2[C@@H]1c1ccc(C)cc1. The van der Waals surface area contributed by atoms with E-state index >= 15 is 0 Å². The summed E-state index contributed by atoms with van der Waals surface area (Å²) in [6.45, 7) is 5.79. The molecule has 0 bridgehead atoms. The first-order valence-electron chi connectivity index (χ1n) is 10.5. The van der Waals surface area contributed by atoms with E-state index < -0.39 is 12.0 Å². The minimum Gasteiger partial charge on any atom is -0.495 e. The summed E-state index contributed by atoms with van der Waals surface area (Å²) in [5.74, 6) is 0.253. The molecule has 0 unspecified atom stereocenters. The number of halogens is 2. The van der Waals surface area contributed by atoms with Crippen molar-refractivity contribution in [1.29, 1.82) is 0 Å². The minimum atomic E-state index is -0.615. The minimum absolute atomic E-state index is 0.209. The molecule has 1 aliphatic heterocycles. The molecule has 0 aliphatic carbocycles. The summed E-state index contributed by atoms with van der Waals surface area (Å²) in [7, 11) is 1.62. The maximum absolute atomic E-state index is 13.7. The molecule has 0 N–H and O–H groups in total. The summed E-state index contributed by atoms with van der Waals surface area (Å²) in [6, 6.07) is 11.2. The number of esters is 1. The quantitative estimate of drug-likeness (QED) is 0.294. The zero-order chi connectivity index (χ0) is 24.6. The normalized spacial score (nSPS) is 15.7. The number of benzene rings is 2. The van der Waals surface area contributed by atoms with Crippen molar-refractivity contribution in [2.24, 2.45) is 4.99 Å². The Bertz CT molecular complexity index is 1490. The number of fused-ring (bicyclic) bond motifs is 1. The van der Waals surface area contributed by atoms with Gasteiger partial charge in [-0.3, -0.25) is 9.36 Å².